The Hall–Kier alpha value is -4.88. The normalized spacial score (nSPS) is 19.4. The summed E-state index contributed by atoms with van der Waals surface area (Å²) in [6.07, 6.45) is -0.829. The van der Waals surface area contributed by atoms with Gasteiger partial charge in [0.15, 0.2) is 5.76 Å². The highest BCUT2D eigenvalue weighted by Crippen LogP contribution is 2.29. The summed E-state index contributed by atoms with van der Waals surface area (Å²) in [7, 11) is 0. The minimum atomic E-state index is -4.72. The van der Waals surface area contributed by atoms with Crippen LogP contribution in [0.15, 0.2) is 95.7 Å². The Morgan fingerprint density at radius 2 is 1.56 bits per heavy atom. The molecule has 0 radical (unpaired) electrons. The number of hydrogen-bond acceptors (Lipinski definition) is 7. The monoisotopic (exact) mass is 691 g/mol. The van der Waals surface area contributed by atoms with E-state index in [0.29, 0.717) is 42.8 Å². The van der Waals surface area contributed by atoms with E-state index in [1.165, 1.54) is 12.1 Å². The molecule has 0 aliphatic carbocycles. The third-order valence-electron chi connectivity index (χ3n) is 9.16. The van der Waals surface area contributed by atoms with Crippen LogP contribution in [0.1, 0.15) is 40.9 Å². The van der Waals surface area contributed by atoms with Crippen molar-refractivity contribution in [2.24, 2.45) is 0 Å². The standard InChI is InChI=1S/C37H37F4N5O4/c38-32-24-45(23-25-2-6-29(7-3-25)46-16-1-15-42-46)19-14-34(32)48-31-10-11-33-27(20-31)21-35(49-33)36(47)43-28-12-17-44(18-13-28)22-26-4-8-30(9-5-26)50-37(39,40)41/h1-11,15-16,20-21,28,32,34H,12-14,17-19,22-24H2,(H,43,47)/t32-,34-/m1/s1. The predicted molar refractivity (Wildman–Crippen MR) is 178 cm³/mol. The summed E-state index contributed by atoms with van der Waals surface area (Å²) in [5.74, 6) is 0.155. The lowest BCUT2D eigenvalue weighted by atomic mass is 10.0. The SMILES string of the molecule is O=C(NC1CCN(Cc2ccc(OC(F)(F)F)cc2)CC1)c1cc2cc(O[C@@H]3CCN(Cc4ccc(-n5cccn5)cc4)C[C@H]3F)ccc2o1. The molecular formula is C37H37F4N5O4. The summed E-state index contributed by atoms with van der Waals surface area (Å²) in [4.78, 5) is 17.4. The van der Waals surface area contributed by atoms with Gasteiger partial charge in [-0.3, -0.25) is 14.6 Å². The van der Waals surface area contributed by atoms with Gasteiger partial charge in [-0.15, -0.1) is 13.2 Å². The van der Waals surface area contributed by atoms with Gasteiger partial charge in [-0.05, 0) is 85.0 Å². The number of likely N-dealkylation sites (tertiary alicyclic amines) is 2. The first-order chi connectivity index (χ1) is 24.1. The molecule has 2 aliphatic rings. The highest BCUT2D eigenvalue weighted by molar-refractivity contribution is 5.96. The van der Waals surface area contributed by atoms with Crippen molar-refractivity contribution in [3.05, 3.63) is 108 Å². The molecule has 262 valence electrons. The van der Waals surface area contributed by atoms with Gasteiger partial charge in [0.1, 0.15) is 29.4 Å². The molecule has 4 heterocycles. The van der Waals surface area contributed by atoms with Crippen LogP contribution in [0.5, 0.6) is 11.5 Å². The number of piperidine rings is 2. The number of carbonyl (C=O) groups is 1. The number of hydrogen-bond donors (Lipinski definition) is 1. The molecule has 3 aromatic carbocycles. The molecule has 5 aromatic rings. The van der Waals surface area contributed by atoms with Crippen molar-refractivity contribution in [3.8, 4) is 17.2 Å². The number of rotatable bonds is 10. The van der Waals surface area contributed by atoms with Crippen LogP contribution >= 0.6 is 0 Å². The van der Waals surface area contributed by atoms with Gasteiger partial charge < -0.3 is 19.2 Å². The third kappa shape index (κ3) is 8.45. The number of amides is 1. The Morgan fingerprint density at radius 3 is 2.24 bits per heavy atom. The first-order valence-electron chi connectivity index (χ1n) is 16.7. The highest BCUT2D eigenvalue weighted by Gasteiger charge is 2.32. The van der Waals surface area contributed by atoms with Crippen molar-refractivity contribution < 1.29 is 36.2 Å². The average molecular weight is 692 g/mol. The molecule has 2 aromatic heterocycles. The Morgan fingerprint density at radius 1 is 0.880 bits per heavy atom. The Kier molecular flexibility index (Phi) is 9.77. The molecule has 50 heavy (non-hydrogen) atoms. The number of carbonyl (C=O) groups excluding carboxylic acids is 1. The number of halogens is 4. The van der Waals surface area contributed by atoms with Gasteiger partial charge in [0.05, 0.1) is 5.69 Å². The molecule has 1 N–H and O–H groups in total. The van der Waals surface area contributed by atoms with E-state index in [1.54, 1.807) is 47.3 Å². The van der Waals surface area contributed by atoms with Crippen LogP contribution in [-0.2, 0) is 13.1 Å². The van der Waals surface area contributed by atoms with Crippen molar-refractivity contribution >= 4 is 16.9 Å². The van der Waals surface area contributed by atoms with Crippen molar-refractivity contribution in [2.45, 2.75) is 57.0 Å². The van der Waals surface area contributed by atoms with Crippen molar-refractivity contribution in [2.75, 3.05) is 26.2 Å². The maximum Gasteiger partial charge on any atom is 0.573 e. The number of aromatic nitrogens is 2. The van der Waals surface area contributed by atoms with E-state index >= 15 is 4.39 Å². The second-order valence-corrected chi connectivity index (χ2v) is 12.8. The zero-order chi connectivity index (χ0) is 34.7. The first-order valence-corrected chi connectivity index (χ1v) is 16.7. The van der Waals surface area contributed by atoms with E-state index in [4.69, 9.17) is 9.15 Å². The van der Waals surface area contributed by atoms with E-state index in [0.717, 1.165) is 42.7 Å². The zero-order valence-electron chi connectivity index (χ0n) is 27.2. The number of furan rings is 1. The maximum atomic E-state index is 15.3. The minimum absolute atomic E-state index is 0.0396. The summed E-state index contributed by atoms with van der Waals surface area (Å²) in [5.41, 5.74) is 3.49. The van der Waals surface area contributed by atoms with Crippen LogP contribution in [-0.4, -0.2) is 76.3 Å². The largest absolute Gasteiger partial charge is 0.573 e. The fourth-order valence-corrected chi connectivity index (χ4v) is 6.58. The third-order valence-corrected chi connectivity index (χ3v) is 9.16. The highest BCUT2D eigenvalue weighted by atomic mass is 19.4. The predicted octanol–water partition coefficient (Wildman–Crippen LogP) is 6.90. The zero-order valence-corrected chi connectivity index (χ0v) is 27.2. The lowest BCUT2D eigenvalue weighted by Gasteiger charge is -2.34. The van der Waals surface area contributed by atoms with Crippen LogP contribution in [0.2, 0.25) is 0 Å². The topological polar surface area (TPSA) is 85.0 Å². The molecule has 1 amide bonds. The molecule has 13 heteroatoms. The lowest BCUT2D eigenvalue weighted by Crippen LogP contribution is -2.46. The van der Waals surface area contributed by atoms with Crippen molar-refractivity contribution in [3.63, 3.8) is 0 Å². The van der Waals surface area contributed by atoms with Gasteiger partial charge in [0, 0.05) is 63.1 Å². The molecule has 2 atom stereocenters. The van der Waals surface area contributed by atoms with Gasteiger partial charge in [-0.25, -0.2) is 9.07 Å². The smallest absolute Gasteiger partial charge is 0.487 e. The van der Waals surface area contributed by atoms with E-state index in [2.05, 4.69) is 25.0 Å². The fraction of sp³-hybridized carbons (Fsp3) is 0.351. The second kappa shape index (κ2) is 14.5. The molecule has 0 saturated carbocycles. The number of fused-ring (bicyclic) bond motifs is 1. The van der Waals surface area contributed by atoms with E-state index < -0.39 is 18.6 Å². The lowest BCUT2D eigenvalue weighted by molar-refractivity contribution is -0.274. The molecule has 0 spiro atoms. The van der Waals surface area contributed by atoms with Crippen molar-refractivity contribution in [1.82, 2.24) is 24.9 Å². The van der Waals surface area contributed by atoms with Crippen LogP contribution in [0, 0.1) is 0 Å². The van der Waals surface area contributed by atoms with Crippen LogP contribution in [0.3, 0.4) is 0 Å². The van der Waals surface area contributed by atoms with Gasteiger partial charge in [0.25, 0.3) is 5.91 Å². The fourth-order valence-electron chi connectivity index (χ4n) is 6.58. The van der Waals surface area contributed by atoms with E-state index in [1.807, 2.05) is 36.5 Å². The number of nitrogens with zero attached hydrogens (tertiary/aromatic N) is 4. The van der Waals surface area contributed by atoms with Crippen molar-refractivity contribution in [1.29, 1.82) is 0 Å². The molecule has 2 aliphatic heterocycles. The van der Waals surface area contributed by atoms with Crippen LogP contribution in [0.25, 0.3) is 16.7 Å². The number of alkyl halides is 4. The number of nitrogens with one attached hydrogen (secondary N) is 1. The summed E-state index contributed by atoms with van der Waals surface area (Å²) in [6.45, 7) is 3.67. The van der Waals surface area contributed by atoms with Crippen LogP contribution in [0.4, 0.5) is 17.6 Å². The van der Waals surface area contributed by atoms with E-state index in [9.17, 15) is 18.0 Å². The summed E-state index contributed by atoms with van der Waals surface area (Å²) >= 11 is 0. The maximum absolute atomic E-state index is 15.3. The Labute approximate surface area is 286 Å². The average Bonchev–Trinajstić information content (AvgIpc) is 3.79. The minimum Gasteiger partial charge on any atom is -0.487 e. The molecule has 0 bridgehead atoms. The Balaban J connectivity index is 0.867. The molecule has 2 saturated heterocycles. The van der Waals surface area contributed by atoms with Gasteiger partial charge in [0.2, 0.25) is 0 Å². The van der Waals surface area contributed by atoms with Gasteiger partial charge in [-0.2, -0.15) is 5.10 Å². The summed E-state index contributed by atoms with van der Waals surface area (Å²) < 4.78 is 70.2. The molecule has 0 unspecified atom stereocenters. The first kappa shape index (κ1) is 33.6. The Bertz CT molecular complexity index is 1870. The molecule has 9 nitrogen and oxygen atoms in total. The number of benzene rings is 3. The van der Waals surface area contributed by atoms with E-state index in [-0.39, 0.29) is 30.0 Å². The van der Waals surface area contributed by atoms with Gasteiger partial charge >= 0.3 is 6.36 Å². The summed E-state index contributed by atoms with van der Waals surface area (Å²) in [5, 5.41) is 8.00. The molecule has 2 fully saturated rings. The van der Waals surface area contributed by atoms with Gasteiger partial charge in [-0.1, -0.05) is 24.3 Å². The molecule has 7 rings (SSSR count). The molecular weight excluding hydrogens is 654 g/mol. The van der Waals surface area contributed by atoms with Crippen LogP contribution < -0.4 is 14.8 Å². The summed E-state index contributed by atoms with van der Waals surface area (Å²) in [6, 6.07) is 22.7. The quantitative estimate of drug-likeness (QED) is 0.160. The second-order valence-electron chi connectivity index (χ2n) is 12.8. The number of ether oxygens (including phenoxy) is 2.